The summed E-state index contributed by atoms with van der Waals surface area (Å²) < 4.78 is 54.5. The second-order valence-electron chi connectivity index (χ2n) is 7.09. The number of rotatable bonds is 6. The normalized spacial score (nSPS) is 12.8. The number of esters is 1. The fourth-order valence-electron chi connectivity index (χ4n) is 3.25. The number of amides is 1. The van der Waals surface area contributed by atoms with Crippen molar-refractivity contribution in [3.8, 4) is 0 Å². The van der Waals surface area contributed by atoms with Gasteiger partial charge in [-0.15, -0.1) is 0 Å². The molecule has 0 saturated heterocycles. The number of halogens is 3. The molecule has 1 amide bonds. The molecule has 0 radical (unpaired) electrons. The monoisotopic (exact) mass is 462 g/mol. The number of benzene rings is 1. The molecule has 0 spiro atoms. The predicted octanol–water partition coefficient (Wildman–Crippen LogP) is 3.41. The van der Waals surface area contributed by atoms with Crippen molar-refractivity contribution in [2.45, 2.75) is 25.9 Å². The average Bonchev–Trinajstić information content (AvgIpc) is 3.38. The molecule has 1 atom stereocenters. The van der Waals surface area contributed by atoms with Gasteiger partial charge in [0.25, 0.3) is 12.2 Å². The molecule has 0 fully saturated rings. The Hall–Kier alpha value is -3.93. The quantitative estimate of drug-likeness (QED) is 0.346. The van der Waals surface area contributed by atoms with Crippen LogP contribution in [0.25, 0.3) is 16.6 Å². The highest BCUT2D eigenvalue weighted by atomic mass is 19.4. The Balaban J connectivity index is 1.55. The van der Waals surface area contributed by atoms with Crippen LogP contribution in [0.1, 0.15) is 32.0 Å². The first-order chi connectivity index (χ1) is 15.7. The van der Waals surface area contributed by atoms with Crippen molar-refractivity contribution in [2.75, 3.05) is 7.11 Å². The van der Waals surface area contributed by atoms with Gasteiger partial charge in [0.15, 0.2) is 5.65 Å². The van der Waals surface area contributed by atoms with Crippen molar-refractivity contribution in [2.24, 2.45) is 0 Å². The minimum absolute atomic E-state index is 0.0320. The van der Waals surface area contributed by atoms with Gasteiger partial charge in [0.1, 0.15) is 22.5 Å². The maximum absolute atomic E-state index is 12.9. The molecule has 3 heterocycles. The first-order valence-corrected chi connectivity index (χ1v) is 9.57. The van der Waals surface area contributed by atoms with Crippen LogP contribution in [0.15, 0.2) is 47.3 Å². The van der Waals surface area contributed by atoms with Crippen LogP contribution in [0, 0.1) is 6.92 Å². The molecule has 1 unspecified atom stereocenters. The molecule has 3 aromatic heterocycles. The second-order valence-corrected chi connectivity index (χ2v) is 7.09. The Bertz CT molecular complexity index is 1340. The van der Waals surface area contributed by atoms with Gasteiger partial charge in [0, 0.05) is 24.9 Å². The van der Waals surface area contributed by atoms with E-state index in [-0.39, 0.29) is 29.0 Å². The number of methoxy groups -OCH3 is 1. The number of aryl methyl sites for hydroxylation is 1. The molecule has 0 bridgehead atoms. The van der Waals surface area contributed by atoms with E-state index in [1.807, 2.05) is 0 Å². The fraction of sp³-hybridized carbons (Fsp3) is 0.238. The molecule has 0 aliphatic rings. The molecule has 9 nitrogen and oxygen atoms in total. The lowest BCUT2D eigenvalue weighted by atomic mass is 10.1. The van der Waals surface area contributed by atoms with Crippen LogP contribution in [0.3, 0.4) is 0 Å². The topological polar surface area (TPSA) is 108 Å². The van der Waals surface area contributed by atoms with E-state index in [1.54, 1.807) is 31.3 Å². The Morgan fingerprint density at radius 3 is 2.76 bits per heavy atom. The minimum Gasteiger partial charge on any atom is -0.458 e. The Labute approximate surface area is 184 Å². The maximum atomic E-state index is 12.9. The summed E-state index contributed by atoms with van der Waals surface area (Å²) >= 11 is 0. The molecular weight excluding hydrogens is 445 g/mol. The Kier molecular flexibility index (Phi) is 5.77. The van der Waals surface area contributed by atoms with Crippen LogP contribution in [-0.2, 0) is 16.0 Å². The molecule has 1 aromatic carbocycles. The smallest absolute Gasteiger partial charge is 0.452 e. The van der Waals surface area contributed by atoms with Gasteiger partial charge in [0.05, 0.1) is 12.7 Å². The largest absolute Gasteiger partial charge is 0.458 e. The number of furan rings is 1. The summed E-state index contributed by atoms with van der Waals surface area (Å²) in [6, 6.07) is 6.29. The second kappa shape index (κ2) is 8.54. The molecule has 33 heavy (non-hydrogen) atoms. The lowest BCUT2D eigenvalue weighted by Crippen LogP contribution is -2.35. The summed E-state index contributed by atoms with van der Waals surface area (Å²) in [6.45, 7) is 1.62. The highest BCUT2D eigenvalue weighted by Crippen LogP contribution is 2.29. The van der Waals surface area contributed by atoms with Gasteiger partial charge >= 0.3 is 12.1 Å². The minimum atomic E-state index is -4.89. The first-order valence-electron chi connectivity index (χ1n) is 9.57. The van der Waals surface area contributed by atoms with E-state index in [0.29, 0.717) is 16.6 Å². The number of carbonyl (C=O) groups is 2. The number of nitrogens with one attached hydrogen (secondary N) is 1. The SMILES string of the molecule is COC(OC(=O)c1cc(C)cc2cc(CNC(=O)c3cnn4cccnc34)oc12)C(F)(F)F. The van der Waals surface area contributed by atoms with Gasteiger partial charge in [-0.1, -0.05) is 0 Å². The van der Waals surface area contributed by atoms with E-state index in [2.05, 4.69) is 24.9 Å². The summed E-state index contributed by atoms with van der Waals surface area (Å²) in [4.78, 5) is 29.1. The summed E-state index contributed by atoms with van der Waals surface area (Å²) in [5.74, 6) is -1.43. The molecule has 4 aromatic rings. The average molecular weight is 462 g/mol. The van der Waals surface area contributed by atoms with Crippen LogP contribution in [0.2, 0.25) is 0 Å². The van der Waals surface area contributed by atoms with E-state index in [4.69, 9.17) is 4.42 Å². The highest BCUT2D eigenvalue weighted by Gasteiger charge is 2.44. The summed E-state index contributed by atoms with van der Waals surface area (Å²) in [5.41, 5.74) is 1.07. The molecule has 172 valence electrons. The zero-order chi connectivity index (χ0) is 23.8. The van der Waals surface area contributed by atoms with Gasteiger partial charge in [-0.25, -0.2) is 14.3 Å². The fourth-order valence-corrected chi connectivity index (χ4v) is 3.25. The summed E-state index contributed by atoms with van der Waals surface area (Å²) in [5, 5.41) is 7.18. The third-order valence-corrected chi connectivity index (χ3v) is 4.67. The third-order valence-electron chi connectivity index (χ3n) is 4.67. The van der Waals surface area contributed by atoms with Gasteiger partial charge in [-0.05, 0) is 36.8 Å². The Morgan fingerprint density at radius 1 is 1.24 bits per heavy atom. The summed E-state index contributed by atoms with van der Waals surface area (Å²) in [6.07, 6.45) is -3.05. The van der Waals surface area contributed by atoms with E-state index >= 15 is 0 Å². The van der Waals surface area contributed by atoms with Crippen molar-refractivity contribution in [1.82, 2.24) is 19.9 Å². The lowest BCUT2D eigenvalue weighted by Gasteiger charge is -2.18. The van der Waals surface area contributed by atoms with Gasteiger partial charge in [0.2, 0.25) is 0 Å². The van der Waals surface area contributed by atoms with Crippen LogP contribution in [0.5, 0.6) is 0 Å². The number of nitrogens with zero attached hydrogens (tertiary/aromatic N) is 3. The molecule has 1 N–H and O–H groups in total. The van der Waals surface area contributed by atoms with Crippen molar-refractivity contribution < 1.29 is 36.7 Å². The maximum Gasteiger partial charge on any atom is 0.452 e. The lowest BCUT2D eigenvalue weighted by molar-refractivity contribution is -0.283. The number of carbonyl (C=O) groups excluding carboxylic acids is 2. The molecular formula is C21H17F3N4O5. The van der Waals surface area contributed by atoms with E-state index < -0.39 is 24.3 Å². The standard InChI is InChI=1S/C21H17F3N4O5/c1-11-6-12-8-13(9-26-18(29)15-10-27-28-5-3-4-25-17(15)28)32-16(12)14(7-11)19(30)33-20(31-2)21(22,23)24/h3-8,10,20H,9H2,1-2H3,(H,26,29). The number of hydrogen-bond donors (Lipinski definition) is 1. The molecule has 12 heteroatoms. The molecule has 0 aliphatic carbocycles. The van der Waals surface area contributed by atoms with Crippen molar-refractivity contribution in [3.05, 3.63) is 65.3 Å². The predicted molar refractivity (Wildman–Crippen MR) is 107 cm³/mol. The van der Waals surface area contributed by atoms with Crippen LogP contribution < -0.4 is 5.32 Å². The first kappa shape index (κ1) is 22.3. The number of hydrogen-bond acceptors (Lipinski definition) is 7. The van der Waals surface area contributed by atoms with Crippen molar-refractivity contribution in [1.29, 1.82) is 0 Å². The van der Waals surface area contributed by atoms with Crippen molar-refractivity contribution in [3.63, 3.8) is 0 Å². The van der Waals surface area contributed by atoms with Crippen molar-refractivity contribution >= 4 is 28.5 Å². The molecule has 0 aliphatic heterocycles. The molecule has 0 saturated carbocycles. The Morgan fingerprint density at radius 2 is 2.03 bits per heavy atom. The zero-order valence-corrected chi connectivity index (χ0v) is 17.3. The summed E-state index contributed by atoms with van der Waals surface area (Å²) in [7, 11) is 0.782. The van der Waals surface area contributed by atoms with Gasteiger partial charge in [-0.2, -0.15) is 18.3 Å². The third kappa shape index (κ3) is 4.51. The molecule has 4 rings (SSSR count). The highest BCUT2D eigenvalue weighted by molar-refractivity contribution is 6.03. The number of alkyl halides is 3. The van der Waals surface area contributed by atoms with Crippen LogP contribution in [-0.4, -0.2) is 46.1 Å². The van der Waals surface area contributed by atoms with E-state index in [9.17, 15) is 22.8 Å². The van der Waals surface area contributed by atoms with Gasteiger partial charge in [-0.3, -0.25) is 4.79 Å². The van der Waals surface area contributed by atoms with Crippen LogP contribution in [0.4, 0.5) is 13.2 Å². The number of aromatic nitrogens is 3. The van der Waals surface area contributed by atoms with E-state index in [1.165, 1.54) is 23.0 Å². The zero-order valence-electron chi connectivity index (χ0n) is 17.3. The van der Waals surface area contributed by atoms with E-state index in [0.717, 1.165) is 7.11 Å². The van der Waals surface area contributed by atoms with Crippen LogP contribution >= 0.6 is 0 Å². The van der Waals surface area contributed by atoms with Gasteiger partial charge < -0.3 is 19.2 Å². The number of fused-ring (bicyclic) bond motifs is 2. The number of ether oxygens (including phenoxy) is 2.